The maximum absolute atomic E-state index is 13.0. The van der Waals surface area contributed by atoms with Crippen molar-refractivity contribution in [1.82, 2.24) is 10.3 Å². The molecule has 0 fully saturated rings. The zero-order chi connectivity index (χ0) is 16.9. The SMILES string of the molecule is COc1ccccc1CNC(=O)c1csc(-c2ccc(F)cc2)n1. The number of rotatable bonds is 5. The standard InChI is InChI=1S/C18H15FN2O2S/c1-23-16-5-3-2-4-13(16)10-20-17(22)15-11-24-18(21-15)12-6-8-14(19)9-7-12/h2-9,11H,10H2,1H3,(H,20,22). The van der Waals surface area contributed by atoms with Crippen LogP contribution >= 0.6 is 11.3 Å². The van der Waals surface area contributed by atoms with E-state index in [0.717, 1.165) is 16.9 Å². The van der Waals surface area contributed by atoms with Crippen molar-refractivity contribution in [3.8, 4) is 16.3 Å². The van der Waals surface area contributed by atoms with Gasteiger partial charge in [-0.3, -0.25) is 4.79 Å². The van der Waals surface area contributed by atoms with Gasteiger partial charge in [-0.25, -0.2) is 9.37 Å². The van der Waals surface area contributed by atoms with Crippen molar-refractivity contribution >= 4 is 17.2 Å². The van der Waals surface area contributed by atoms with Gasteiger partial charge in [-0.05, 0) is 30.3 Å². The molecule has 1 aromatic heterocycles. The van der Waals surface area contributed by atoms with Crippen LogP contribution < -0.4 is 10.1 Å². The van der Waals surface area contributed by atoms with Crippen molar-refractivity contribution in [2.24, 2.45) is 0 Å². The number of ether oxygens (including phenoxy) is 1. The Labute approximate surface area is 142 Å². The van der Waals surface area contributed by atoms with E-state index in [4.69, 9.17) is 4.74 Å². The Bertz CT molecular complexity index is 846. The van der Waals surface area contributed by atoms with Crippen molar-refractivity contribution < 1.29 is 13.9 Å². The molecule has 0 aliphatic heterocycles. The minimum Gasteiger partial charge on any atom is -0.496 e. The second kappa shape index (κ2) is 7.23. The smallest absolute Gasteiger partial charge is 0.271 e. The third-order valence-electron chi connectivity index (χ3n) is 3.46. The van der Waals surface area contributed by atoms with E-state index in [9.17, 15) is 9.18 Å². The summed E-state index contributed by atoms with van der Waals surface area (Å²) in [5.41, 5.74) is 2.02. The van der Waals surface area contributed by atoms with Crippen LogP contribution in [0.25, 0.3) is 10.6 Å². The Morgan fingerprint density at radius 1 is 1.21 bits per heavy atom. The fourth-order valence-corrected chi connectivity index (χ4v) is 3.02. The quantitative estimate of drug-likeness (QED) is 0.765. The molecule has 0 radical (unpaired) electrons. The molecule has 0 aliphatic carbocycles. The molecule has 122 valence electrons. The van der Waals surface area contributed by atoms with Gasteiger partial charge in [-0.2, -0.15) is 0 Å². The van der Waals surface area contributed by atoms with Crippen LogP contribution in [-0.2, 0) is 6.54 Å². The first-order valence-electron chi connectivity index (χ1n) is 7.29. The van der Waals surface area contributed by atoms with Crippen LogP contribution in [0, 0.1) is 5.82 Å². The first-order valence-corrected chi connectivity index (χ1v) is 8.17. The number of nitrogens with one attached hydrogen (secondary N) is 1. The van der Waals surface area contributed by atoms with E-state index in [1.165, 1.54) is 23.5 Å². The number of aromatic nitrogens is 1. The Morgan fingerprint density at radius 2 is 1.96 bits per heavy atom. The average Bonchev–Trinajstić information content (AvgIpc) is 3.10. The number of methoxy groups -OCH3 is 1. The molecule has 0 saturated carbocycles. The lowest BCUT2D eigenvalue weighted by molar-refractivity contribution is 0.0946. The number of carbonyl (C=O) groups excluding carboxylic acids is 1. The summed E-state index contributed by atoms with van der Waals surface area (Å²) >= 11 is 1.35. The average molecular weight is 342 g/mol. The van der Waals surface area contributed by atoms with Crippen molar-refractivity contribution in [2.45, 2.75) is 6.54 Å². The summed E-state index contributed by atoms with van der Waals surface area (Å²) < 4.78 is 18.2. The van der Waals surface area contributed by atoms with Crippen molar-refractivity contribution in [1.29, 1.82) is 0 Å². The van der Waals surface area contributed by atoms with Crippen LogP contribution in [-0.4, -0.2) is 18.0 Å². The first kappa shape index (κ1) is 16.1. The molecular formula is C18H15FN2O2S. The van der Waals surface area contributed by atoms with Gasteiger partial charge >= 0.3 is 0 Å². The monoisotopic (exact) mass is 342 g/mol. The summed E-state index contributed by atoms with van der Waals surface area (Å²) in [5.74, 6) is 0.165. The molecule has 4 nitrogen and oxygen atoms in total. The predicted molar refractivity (Wildman–Crippen MR) is 91.7 cm³/mol. The lowest BCUT2D eigenvalue weighted by Crippen LogP contribution is -2.23. The number of thiazole rings is 1. The lowest BCUT2D eigenvalue weighted by Gasteiger charge is -2.08. The molecule has 0 saturated heterocycles. The van der Waals surface area contributed by atoms with Gasteiger partial charge in [0.05, 0.1) is 7.11 Å². The highest BCUT2D eigenvalue weighted by atomic mass is 32.1. The normalized spacial score (nSPS) is 10.4. The van der Waals surface area contributed by atoms with Gasteiger partial charge in [0.1, 0.15) is 22.3 Å². The highest BCUT2D eigenvalue weighted by molar-refractivity contribution is 7.13. The van der Waals surface area contributed by atoms with Crippen LogP contribution in [0.2, 0.25) is 0 Å². The molecule has 0 bridgehead atoms. The molecule has 1 heterocycles. The molecule has 0 unspecified atom stereocenters. The zero-order valence-corrected chi connectivity index (χ0v) is 13.8. The molecule has 6 heteroatoms. The summed E-state index contributed by atoms with van der Waals surface area (Å²) in [5, 5.41) is 5.20. The van der Waals surface area contributed by atoms with Gasteiger partial charge in [-0.15, -0.1) is 11.3 Å². The minimum atomic E-state index is -0.301. The van der Waals surface area contributed by atoms with Crippen LogP contribution in [0.4, 0.5) is 4.39 Å². The Morgan fingerprint density at radius 3 is 2.71 bits per heavy atom. The fourth-order valence-electron chi connectivity index (χ4n) is 2.22. The number of nitrogens with zero attached hydrogens (tertiary/aromatic N) is 1. The Balaban J connectivity index is 1.69. The number of hydrogen-bond donors (Lipinski definition) is 1. The maximum atomic E-state index is 13.0. The second-order valence-corrected chi connectivity index (χ2v) is 5.90. The van der Waals surface area contributed by atoms with E-state index >= 15 is 0 Å². The molecule has 1 N–H and O–H groups in total. The summed E-state index contributed by atoms with van der Waals surface area (Å²) in [7, 11) is 1.59. The number of halogens is 1. The van der Waals surface area contributed by atoms with E-state index in [2.05, 4.69) is 10.3 Å². The number of para-hydroxylation sites is 1. The molecule has 2 aromatic carbocycles. The molecule has 0 atom stereocenters. The second-order valence-electron chi connectivity index (χ2n) is 5.04. The Kier molecular flexibility index (Phi) is 4.86. The third kappa shape index (κ3) is 3.60. The van der Waals surface area contributed by atoms with E-state index in [1.54, 1.807) is 24.6 Å². The van der Waals surface area contributed by atoms with Gasteiger partial charge < -0.3 is 10.1 Å². The van der Waals surface area contributed by atoms with Gasteiger partial charge in [-0.1, -0.05) is 18.2 Å². The van der Waals surface area contributed by atoms with Gasteiger partial charge in [0.15, 0.2) is 0 Å². The summed E-state index contributed by atoms with van der Waals surface area (Å²) in [6.07, 6.45) is 0. The number of amides is 1. The molecular weight excluding hydrogens is 327 g/mol. The van der Waals surface area contributed by atoms with Crippen LogP contribution in [0.15, 0.2) is 53.9 Å². The number of hydrogen-bond acceptors (Lipinski definition) is 4. The Hall–Kier alpha value is -2.73. The van der Waals surface area contributed by atoms with E-state index in [1.807, 2.05) is 24.3 Å². The van der Waals surface area contributed by atoms with Gasteiger partial charge in [0.2, 0.25) is 0 Å². The van der Waals surface area contributed by atoms with Crippen LogP contribution in [0.1, 0.15) is 16.1 Å². The van der Waals surface area contributed by atoms with E-state index in [-0.39, 0.29) is 11.7 Å². The van der Waals surface area contributed by atoms with Gasteiger partial charge in [0.25, 0.3) is 5.91 Å². The molecule has 3 aromatic rings. The zero-order valence-electron chi connectivity index (χ0n) is 13.0. The van der Waals surface area contributed by atoms with E-state index in [0.29, 0.717) is 17.2 Å². The predicted octanol–water partition coefficient (Wildman–Crippen LogP) is 3.89. The maximum Gasteiger partial charge on any atom is 0.271 e. The molecule has 24 heavy (non-hydrogen) atoms. The van der Waals surface area contributed by atoms with Crippen molar-refractivity contribution in [2.75, 3.05) is 7.11 Å². The summed E-state index contributed by atoms with van der Waals surface area (Å²) in [6.45, 7) is 0.353. The van der Waals surface area contributed by atoms with Gasteiger partial charge in [0, 0.05) is 23.1 Å². The lowest BCUT2D eigenvalue weighted by atomic mass is 10.2. The first-order chi connectivity index (χ1) is 11.7. The third-order valence-corrected chi connectivity index (χ3v) is 4.35. The number of benzene rings is 2. The van der Waals surface area contributed by atoms with Crippen molar-refractivity contribution in [3.63, 3.8) is 0 Å². The highest BCUT2D eigenvalue weighted by Gasteiger charge is 2.12. The molecule has 0 aliphatic rings. The van der Waals surface area contributed by atoms with E-state index < -0.39 is 0 Å². The molecule has 3 rings (SSSR count). The topological polar surface area (TPSA) is 51.2 Å². The van der Waals surface area contributed by atoms with Crippen molar-refractivity contribution in [3.05, 3.63) is 71.0 Å². The largest absolute Gasteiger partial charge is 0.496 e. The fraction of sp³-hybridized carbons (Fsp3) is 0.111. The summed E-state index contributed by atoms with van der Waals surface area (Å²) in [4.78, 5) is 16.6. The highest BCUT2D eigenvalue weighted by Crippen LogP contribution is 2.24. The van der Waals surface area contributed by atoms with Crippen LogP contribution in [0.3, 0.4) is 0 Å². The van der Waals surface area contributed by atoms with Crippen LogP contribution in [0.5, 0.6) is 5.75 Å². The minimum absolute atomic E-state index is 0.259. The summed E-state index contributed by atoms with van der Waals surface area (Å²) in [6, 6.07) is 13.5. The number of carbonyl (C=O) groups is 1. The molecule has 0 spiro atoms. The molecule has 1 amide bonds.